The average molecular weight is 183 g/mol. The molecule has 13 heavy (non-hydrogen) atoms. The summed E-state index contributed by atoms with van der Waals surface area (Å²) in [6.45, 7) is 0.344. The quantitative estimate of drug-likeness (QED) is 0.678. The van der Waals surface area contributed by atoms with Gasteiger partial charge in [0.05, 0.1) is 7.05 Å². The van der Waals surface area contributed by atoms with Gasteiger partial charge >= 0.3 is 0 Å². The molecule has 1 aromatic carbocycles. The van der Waals surface area contributed by atoms with Crippen LogP contribution in [0.4, 0.5) is 10.1 Å². The number of carbonyl (C=O) groups excluding carboxylic acids is 1. The molecule has 0 atom stereocenters. The van der Waals surface area contributed by atoms with E-state index in [1.165, 1.54) is 12.1 Å². The van der Waals surface area contributed by atoms with Gasteiger partial charge in [0.2, 0.25) is 0 Å². The zero-order valence-electron chi connectivity index (χ0n) is 7.38. The number of hydrogen-bond acceptors (Lipinski definition) is 1. The number of benzene rings is 1. The second-order valence-electron chi connectivity index (χ2n) is 2.67. The monoisotopic (exact) mass is 183 g/mol. The first-order valence-corrected chi connectivity index (χ1v) is 4.05. The summed E-state index contributed by atoms with van der Waals surface area (Å²) in [7, 11) is 1.80. The molecule has 0 unspecified atom stereocenters. The maximum atomic E-state index is 12.6. The summed E-state index contributed by atoms with van der Waals surface area (Å²) < 4.78 is 12.6. The lowest BCUT2D eigenvalue weighted by molar-refractivity contribution is -0.615. The Morgan fingerprint density at radius 2 is 2.38 bits per heavy atom. The molecule has 1 rings (SSSR count). The molecular weight excluding hydrogens is 171 g/mol. The van der Waals surface area contributed by atoms with Crippen LogP contribution < -0.4 is 10.6 Å². The highest BCUT2D eigenvalue weighted by atomic mass is 19.1. The van der Waals surface area contributed by atoms with Gasteiger partial charge in [0, 0.05) is 5.69 Å². The van der Waals surface area contributed by atoms with E-state index in [0.717, 1.165) is 0 Å². The summed E-state index contributed by atoms with van der Waals surface area (Å²) in [5.41, 5.74) is 0.492. The van der Waals surface area contributed by atoms with Gasteiger partial charge in [-0.15, -0.1) is 0 Å². The second-order valence-corrected chi connectivity index (χ2v) is 2.67. The number of likely N-dealkylation sites (N-methyl/N-ethyl adjacent to an activating group) is 1. The second kappa shape index (κ2) is 4.57. The molecule has 3 nitrogen and oxygen atoms in total. The Hall–Kier alpha value is -1.42. The minimum Gasteiger partial charge on any atom is -0.341 e. The molecule has 1 aromatic rings. The van der Waals surface area contributed by atoms with E-state index in [2.05, 4.69) is 5.32 Å². The Kier molecular flexibility index (Phi) is 3.40. The topological polar surface area (TPSA) is 45.7 Å². The number of nitrogens with one attached hydrogen (secondary N) is 1. The zero-order chi connectivity index (χ0) is 9.68. The van der Waals surface area contributed by atoms with Gasteiger partial charge in [0.1, 0.15) is 5.82 Å². The Balaban J connectivity index is 2.58. The van der Waals surface area contributed by atoms with Crippen LogP contribution in [0.2, 0.25) is 0 Å². The van der Waals surface area contributed by atoms with Gasteiger partial charge in [-0.05, 0) is 18.2 Å². The number of quaternary nitrogens is 1. The van der Waals surface area contributed by atoms with Gasteiger partial charge in [-0.3, -0.25) is 4.79 Å². The number of amides is 1. The Morgan fingerprint density at radius 3 is 3.00 bits per heavy atom. The van der Waals surface area contributed by atoms with Crippen molar-refractivity contribution in [2.45, 2.75) is 0 Å². The minimum atomic E-state index is -0.349. The molecule has 0 heterocycles. The number of nitrogens with two attached hydrogens (primary N) is 1. The number of hydrogen-bond donors (Lipinski definition) is 2. The number of carbonyl (C=O) groups is 1. The smallest absolute Gasteiger partial charge is 0.279 e. The molecule has 0 aliphatic heterocycles. The van der Waals surface area contributed by atoms with E-state index in [0.29, 0.717) is 12.2 Å². The van der Waals surface area contributed by atoms with Crippen molar-refractivity contribution in [2.75, 3.05) is 18.9 Å². The molecule has 0 fully saturated rings. The van der Waals surface area contributed by atoms with E-state index in [9.17, 15) is 9.18 Å². The molecule has 0 bridgehead atoms. The summed E-state index contributed by atoms with van der Waals surface area (Å²) in [5.74, 6) is -0.480. The lowest BCUT2D eigenvalue weighted by atomic mass is 10.3. The van der Waals surface area contributed by atoms with E-state index in [4.69, 9.17) is 0 Å². The lowest BCUT2D eigenvalue weighted by Gasteiger charge is -2.02. The summed E-state index contributed by atoms with van der Waals surface area (Å²) in [6, 6.07) is 5.83. The van der Waals surface area contributed by atoms with Crippen molar-refractivity contribution in [1.29, 1.82) is 0 Å². The van der Waals surface area contributed by atoms with E-state index >= 15 is 0 Å². The highest BCUT2D eigenvalue weighted by Gasteiger charge is 2.02. The van der Waals surface area contributed by atoms with E-state index in [1.807, 2.05) is 0 Å². The maximum absolute atomic E-state index is 12.6. The van der Waals surface area contributed by atoms with Crippen LogP contribution in [0.3, 0.4) is 0 Å². The molecule has 0 spiro atoms. The van der Waals surface area contributed by atoms with Gasteiger partial charge < -0.3 is 10.6 Å². The fourth-order valence-corrected chi connectivity index (χ4v) is 0.964. The molecule has 0 aliphatic rings. The third kappa shape index (κ3) is 3.21. The van der Waals surface area contributed by atoms with Crippen LogP contribution in [0.25, 0.3) is 0 Å². The van der Waals surface area contributed by atoms with Crippen LogP contribution in [0.15, 0.2) is 24.3 Å². The van der Waals surface area contributed by atoms with Crippen molar-refractivity contribution >= 4 is 11.6 Å². The summed E-state index contributed by atoms with van der Waals surface area (Å²) in [4.78, 5) is 11.1. The third-order valence-corrected chi connectivity index (χ3v) is 1.50. The largest absolute Gasteiger partial charge is 0.341 e. The van der Waals surface area contributed by atoms with Gasteiger partial charge in [-0.1, -0.05) is 6.07 Å². The van der Waals surface area contributed by atoms with Crippen LogP contribution in [0, 0.1) is 5.82 Å². The minimum absolute atomic E-state index is 0.131. The summed E-state index contributed by atoms with van der Waals surface area (Å²) in [5, 5.41) is 4.32. The van der Waals surface area contributed by atoms with Crippen molar-refractivity contribution in [3.05, 3.63) is 30.1 Å². The molecule has 70 valence electrons. The first kappa shape index (κ1) is 9.67. The summed E-state index contributed by atoms with van der Waals surface area (Å²) in [6.07, 6.45) is 0. The van der Waals surface area contributed by atoms with Gasteiger partial charge in [0.25, 0.3) is 5.91 Å². The predicted molar refractivity (Wildman–Crippen MR) is 47.7 cm³/mol. The summed E-state index contributed by atoms with van der Waals surface area (Å²) >= 11 is 0. The molecule has 0 saturated carbocycles. The first-order chi connectivity index (χ1) is 6.22. The highest BCUT2D eigenvalue weighted by molar-refractivity contribution is 5.91. The molecule has 0 aliphatic carbocycles. The zero-order valence-corrected chi connectivity index (χ0v) is 7.38. The first-order valence-electron chi connectivity index (χ1n) is 4.05. The van der Waals surface area contributed by atoms with Crippen LogP contribution >= 0.6 is 0 Å². The van der Waals surface area contributed by atoms with Gasteiger partial charge in [-0.2, -0.15) is 0 Å². The van der Waals surface area contributed by atoms with Crippen molar-refractivity contribution < 1.29 is 14.5 Å². The average Bonchev–Trinajstić information content (AvgIpc) is 2.04. The van der Waals surface area contributed by atoms with E-state index in [-0.39, 0.29) is 11.7 Å². The molecule has 0 aromatic heterocycles. The van der Waals surface area contributed by atoms with E-state index < -0.39 is 0 Å². The standard InChI is InChI=1S/C9H11FN2O/c1-11-6-9(13)12-8-4-2-3-7(10)5-8/h2-5,11H,6H2,1H3,(H,12,13)/p+1. The SMILES string of the molecule is C[NH2+]CC(=O)Nc1cccc(F)c1. The van der Waals surface area contributed by atoms with Crippen LogP contribution in [0.1, 0.15) is 0 Å². The molecule has 1 amide bonds. The van der Waals surface area contributed by atoms with Gasteiger partial charge in [0.15, 0.2) is 6.54 Å². The Labute approximate surface area is 76.0 Å². The normalized spacial score (nSPS) is 9.69. The predicted octanol–water partition coefficient (Wildman–Crippen LogP) is -0.0426. The van der Waals surface area contributed by atoms with E-state index in [1.54, 1.807) is 24.5 Å². The van der Waals surface area contributed by atoms with Crippen molar-refractivity contribution in [2.24, 2.45) is 0 Å². The number of rotatable bonds is 3. The van der Waals surface area contributed by atoms with Crippen molar-refractivity contribution in [1.82, 2.24) is 0 Å². The molecule has 0 radical (unpaired) electrons. The van der Waals surface area contributed by atoms with Crippen molar-refractivity contribution in [3.63, 3.8) is 0 Å². The molecule has 3 N–H and O–H groups in total. The number of halogens is 1. The molecule has 0 saturated heterocycles. The highest BCUT2D eigenvalue weighted by Crippen LogP contribution is 2.08. The van der Waals surface area contributed by atoms with Crippen LogP contribution in [0.5, 0.6) is 0 Å². The number of anilines is 1. The Bertz CT molecular complexity index is 301. The molecular formula is C9H12FN2O+. The molecule has 4 heteroatoms. The Morgan fingerprint density at radius 1 is 1.62 bits per heavy atom. The van der Waals surface area contributed by atoms with Gasteiger partial charge in [-0.25, -0.2) is 4.39 Å². The van der Waals surface area contributed by atoms with Crippen LogP contribution in [-0.2, 0) is 4.79 Å². The fourth-order valence-electron chi connectivity index (χ4n) is 0.964. The van der Waals surface area contributed by atoms with Crippen molar-refractivity contribution in [3.8, 4) is 0 Å². The maximum Gasteiger partial charge on any atom is 0.279 e. The lowest BCUT2D eigenvalue weighted by Crippen LogP contribution is -2.82. The van der Waals surface area contributed by atoms with Crippen LogP contribution in [-0.4, -0.2) is 19.5 Å². The third-order valence-electron chi connectivity index (χ3n) is 1.50. The fraction of sp³-hybridized carbons (Fsp3) is 0.222.